The summed E-state index contributed by atoms with van der Waals surface area (Å²) in [5, 5.41) is 13.8. The van der Waals surface area contributed by atoms with Gasteiger partial charge in [-0.25, -0.2) is 13.9 Å². The minimum absolute atomic E-state index is 0.00445. The van der Waals surface area contributed by atoms with Gasteiger partial charge in [-0.05, 0) is 49.9 Å². The monoisotopic (exact) mass is 471 g/mol. The van der Waals surface area contributed by atoms with Gasteiger partial charge in [0, 0.05) is 22.3 Å². The molecule has 1 aromatic heterocycles. The molecule has 0 atom stereocenters. The Labute approximate surface area is 195 Å². The van der Waals surface area contributed by atoms with Gasteiger partial charge in [0.2, 0.25) is 5.91 Å². The Hall–Kier alpha value is -3.46. The molecule has 0 radical (unpaired) electrons. The largest absolute Gasteiger partial charge is 0.418 e. The number of para-hydroxylation sites is 1. The van der Waals surface area contributed by atoms with Crippen molar-refractivity contribution in [2.45, 2.75) is 44.2 Å². The second kappa shape index (κ2) is 10.4. The average molecular weight is 472 g/mol. The van der Waals surface area contributed by atoms with Gasteiger partial charge in [0.25, 0.3) is 5.88 Å². The highest BCUT2D eigenvalue weighted by Gasteiger charge is 2.25. The fourth-order valence-corrected chi connectivity index (χ4v) is 4.10. The van der Waals surface area contributed by atoms with Crippen LogP contribution in [-0.2, 0) is 11.2 Å². The van der Waals surface area contributed by atoms with Crippen molar-refractivity contribution in [1.82, 2.24) is 20.3 Å². The number of hydrogen-bond acceptors (Lipinski definition) is 5. The van der Waals surface area contributed by atoms with Crippen LogP contribution in [0.1, 0.15) is 37.3 Å². The second-order valence-electron chi connectivity index (χ2n) is 7.87. The lowest BCUT2D eigenvalue weighted by Crippen LogP contribution is -2.39. The fraction of sp³-hybridized carbons (Fsp3) is 0.304. The van der Waals surface area contributed by atoms with Gasteiger partial charge in [-0.15, -0.1) is 0 Å². The topological polar surface area (TPSA) is 98.1 Å². The number of nitrogens with zero attached hydrogens (tertiary/aromatic N) is 3. The molecule has 1 saturated carbocycles. The van der Waals surface area contributed by atoms with Crippen LogP contribution in [0.4, 0.5) is 14.9 Å². The maximum Gasteiger partial charge on any atom is 0.418 e. The predicted molar refractivity (Wildman–Crippen MR) is 121 cm³/mol. The van der Waals surface area contributed by atoms with Crippen LogP contribution >= 0.6 is 11.6 Å². The molecule has 3 aromatic rings. The standard InChI is InChI=1S/C23H23ClFN5O3/c24-19-7-4-8-20(25)18(19)13-21(31)26-16-9-11-17(12-10-16)30-14-22(28-29-30)33-23(32)27-15-5-2-1-3-6-15/h1-8,14,16-17H,9-13H2,(H,26,31)(H,27,32). The van der Waals surface area contributed by atoms with Crippen molar-refractivity contribution in [3.8, 4) is 5.88 Å². The first-order chi connectivity index (χ1) is 16.0. The lowest BCUT2D eigenvalue weighted by atomic mass is 9.91. The molecule has 2 aromatic carbocycles. The summed E-state index contributed by atoms with van der Waals surface area (Å²) in [5.74, 6) is -0.630. The average Bonchev–Trinajstić information content (AvgIpc) is 3.26. The number of carbonyl (C=O) groups excluding carboxylic acids is 2. The van der Waals surface area contributed by atoms with Crippen molar-refractivity contribution in [2.24, 2.45) is 0 Å². The molecule has 172 valence electrons. The molecule has 2 amide bonds. The Morgan fingerprint density at radius 3 is 2.58 bits per heavy atom. The third-order valence-electron chi connectivity index (χ3n) is 5.54. The molecule has 1 heterocycles. The summed E-state index contributed by atoms with van der Waals surface area (Å²) >= 11 is 6.01. The van der Waals surface area contributed by atoms with E-state index in [1.165, 1.54) is 12.1 Å². The van der Waals surface area contributed by atoms with Crippen molar-refractivity contribution >= 4 is 29.3 Å². The summed E-state index contributed by atoms with van der Waals surface area (Å²) in [6, 6.07) is 13.4. The normalized spacial score (nSPS) is 17.9. The highest BCUT2D eigenvalue weighted by atomic mass is 35.5. The Morgan fingerprint density at radius 2 is 1.85 bits per heavy atom. The van der Waals surface area contributed by atoms with Gasteiger partial charge in [-0.2, -0.15) is 0 Å². The number of hydrogen-bond donors (Lipinski definition) is 2. The Bertz CT molecular complexity index is 1100. The minimum atomic E-state index is -0.644. The summed E-state index contributed by atoms with van der Waals surface area (Å²) in [4.78, 5) is 24.4. The molecule has 2 N–H and O–H groups in total. The molecule has 10 heteroatoms. The van der Waals surface area contributed by atoms with E-state index in [0.717, 1.165) is 25.7 Å². The Kier molecular flexibility index (Phi) is 7.19. The van der Waals surface area contributed by atoms with E-state index in [2.05, 4.69) is 20.9 Å². The van der Waals surface area contributed by atoms with E-state index >= 15 is 0 Å². The van der Waals surface area contributed by atoms with E-state index in [9.17, 15) is 14.0 Å². The quantitative estimate of drug-likeness (QED) is 0.550. The number of amides is 2. The first-order valence-corrected chi connectivity index (χ1v) is 11.0. The number of anilines is 1. The first kappa shape index (κ1) is 22.7. The number of aromatic nitrogens is 3. The van der Waals surface area contributed by atoms with Gasteiger partial charge in [0.05, 0.1) is 18.7 Å². The van der Waals surface area contributed by atoms with E-state index in [1.807, 2.05) is 6.07 Å². The molecule has 8 nitrogen and oxygen atoms in total. The van der Waals surface area contributed by atoms with Crippen LogP contribution in [0, 0.1) is 5.82 Å². The summed E-state index contributed by atoms with van der Waals surface area (Å²) in [6.45, 7) is 0. The third kappa shape index (κ3) is 6.07. The molecule has 1 aliphatic rings. The van der Waals surface area contributed by atoms with Crippen LogP contribution in [-0.4, -0.2) is 33.0 Å². The zero-order chi connectivity index (χ0) is 23.2. The molecule has 0 spiro atoms. The number of ether oxygens (including phenoxy) is 1. The number of rotatable bonds is 6. The third-order valence-corrected chi connectivity index (χ3v) is 5.90. The van der Waals surface area contributed by atoms with Gasteiger partial charge in [-0.3, -0.25) is 10.1 Å². The van der Waals surface area contributed by atoms with E-state index < -0.39 is 11.9 Å². The molecular formula is C23H23ClFN5O3. The number of nitrogens with one attached hydrogen (secondary N) is 2. The highest BCUT2D eigenvalue weighted by Crippen LogP contribution is 2.29. The Morgan fingerprint density at radius 1 is 1.09 bits per heavy atom. The lowest BCUT2D eigenvalue weighted by molar-refractivity contribution is -0.121. The highest BCUT2D eigenvalue weighted by molar-refractivity contribution is 6.31. The summed E-state index contributed by atoms with van der Waals surface area (Å²) in [5.41, 5.74) is 0.823. The van der Waals surface area contributed by atoms with Crippen molar-refractivity contribution in [3.05, 3.63) is 71.1 Å². The van der Waals surface area contributed by atoms with Crippen LogP contribution < -0.4 is 15.4 Å². The van der Waals surface area contributed by atoms with Crippen LogP contribution in [0.15, 0.2) is 54.7 Å². The van der Waals surface area contributed by atoms with Crippen molar-refractivity contribution in [1.29, 1.82) is 0 Å². The second-order valence-corrected chi connectivity index (χ2v) is 8.27. The van der Waals surface area contributed by atoms with Crippen LogP contribution in [0.2, 0.25) is 5.02 Å². The molecule has 0 aliphatic heterocycles. The number of benzene rings is 2. The molecule has 0 saturated heterocycles. The van der Waals surface area contributed by atoms with E-state index in [1.54, 1.807) is 41.2 Å². The van der Waals surface area contributed by atoms with Crippen molar-refractivity contribution in [3.63, 3.8) is 0 Å². The zero-order valence-electron chi connectivity index (χ0n) is 17.7. The SMILES string of the molecule is O=C(Cc1c(F)cccc1Cl)NC1CCC(n2cc(OC(=O)Nc3ccccc3)nn2)CC1. The van der Waals surface area contributed by atoms with Crippen molar-refractivity contribution < 1.29 is 18.7 Å². The molecule has 1 fully saturated rings. The van der Waals surface area contributed by atoms with Crippen LogP contribution in [0.3, 0.4) is 0 Å². The molecule has 1 aliphatic carbocycles. The fourth-order valence-electron chi connectivity index (χ4n) is 3.87. The maximum absolute atomic E-state index is 13.9. The molecular weight excluding hydrogens is 449 g/mol. The Balaban J connectivity index is 1.24. The van der Waals surface area contributed by atoms with Gasteiger partial charge in [-0.1, -0.05) is 46.2 Å². The summed E-state index contributed by atoms with van der Waals surface area (Å²) < 4.78 is 20.8. The first-order valence-electron chi connectivity index (χ1n) is 10.7. The predicted octanol–water partition coefficient (Wildman–Crippen LogP) is 4.52. The van der Waals surface area contributed by atoms with Gasteiger partial charge in [0.1, 0.15) is 5.82 Å². The summed E-state index contributed by atoms with van der Waals surface area (Å²) in [7, 11) is 0. The van der Waals surface area contributed by atoms with E-state index in [0.29, 0.717) is 5.69 Å². The lowest BCUT2D eigenvalue weighted by Gasteiger charge is -2.29. The molecule has 0 bridgehead atoms. The van der Waals surface area contributed by atoms with Gasteiger partial charge >= 0.3 is 6.09 Å². The smallest absolute Gasteiger partial charge is 0.388 e. The molecule has 33 heavy (non-hydrogen) atoms. The van der Waals surface area contributed by atoms with Crippen LogP contribution in [0.5, 0.6) is 5.88 Å². The number of halogens is 2. The molecule has 4 rings (SSSR count). The minimum Gasteiger partial charge on any atom is -0.388 e. The maximum atomic E-state index is 13.9. The van der Waals surface area contributed by atoms with Gasteiger partial charge in [0.15, 0.2) is 0 Å². The molecule has 0 unspecified atom stereocenters. The van der Waals surface area contributed by atoms with Crippen molar-refractivity contribution in [2.75, 3.05) is 5.32 Å². The summed E-state index contributed by atoms with van der Waals surface area (Å²) in [6.07, 6.45) is 3.87. The van der Waals surface area contributed by atoms with Crippen LogP contribution in [0.25, 0.3) is 0 Å². The number of carbonyl (C=O) groups is 2. The van der Waals surface area contributed by atoms with E-state index in [-0.39, 0.29) is 40.9 Å². The van der Waals surface area contributed by atoms with E-state index in [4.69, 9.17) is 16.3 Å². The zero-order valence-corrected chi connectivity index (χ0v) is 18.5. The van der Waals surface area contributed by atoms with Gasteiger partial charge < -0.3 is 10.1 Å².